The minimum absolute atomic E-state index is 0. The summed E-state index contributed by atoms with van der Waals surface area (Å²) in [5.41, 5.74) is 0.216. The van der Waals surface area contributed by atoms with Crippen LogP contribution >= 0.6 is 0 Å². The van der Waals surface area contributed by atoms with E-state index in [-0.39, 0.29) is 44.0 Å². The van der Waals surface area contributed by atoms with Crippen LogP contribution < -0.4 is 4.74 Å². The Morgan fingerprint density at radius 3 is 2.45 bits per heavy atom. The molecule has 0 saturated carbocycles. The van der Waals surface area contributed by atoms with Gasteiger partial charge in [-0.1, -0.05) is 18.7 Å². The minimum Gasteiger partial charge on any atom is -0.508 e. The van der Waals surface area contributed by atoms with Crippen LogP contribution in [0.2, 0.25) is 0 Å². The van der Waals surface area contributed by atoms with Gasteiger partial charge in [0.15, 0.2) is 6.61 Å². The zero-order valence-electron chi connectivity index (χ0n) is 12.0. The van der Waals surface area contributed by atoms with Crippen molar-refractivity contribution in [2.75, 3.05) is 6.61 Å². The molecule has 2 rings (SSSR count). The standard InChI is InChI=1S/C16H14O5.Y/c1-10(2)16(19)20-9-15(18)21-14-6-4-11-7-13(17)5-3-12(11)8-14;/h3-8,17H,1,9H2,2H3;. The molecule has 5 nitrogen and oxygen atoms in total. The number of ether oxygens (including phenoxy) is 2. The first-order valence-electron chi connectivity index (χ1n) is 6.22. The van der Waals surface area contributed by atoms with Crippen LogP contribution in [-0.2, 0) is 47.0 Å². The van der Waals surface area contributed by atoms with Gasteiger partial charge >= 0.3 is 11.9 Å². The summed E-state index contributed by atoms with van der Waals surface area (Å²) in [5, 5.41) is 11.0. The van der Waals surface area contributed by atoms with E-state index in [0.717, 1.165) is 10.8 Å². The second-order valence-electron chi connectivity index (χ2n) is 4.52. The molecular weight excluding hydrogens is 361 g/mol. The average molecular weight is 375 g/mol. The first kappa shape index (κ1) is 18.3. The predicted molar refractivity (Wildman–Crippen MR) is 77.0 cm³/mol. The van der Waals surface area contributed by atoms with Crippen molar-refractivity contribution >= 4 is 22.7 Å². The van der Waals surface area contributed by atoms with Crippen molar-refractivity contribution in [2.45, 2.75) is 6.92 Å². The molecule has 1 radical (unpaired) electrons. The molecule has 2 aromatic carbocycles. The van der Waals surface area contributed by atoms with Crippen LogP contribution in [0.15, 0.2) is 48.6 Å². The van der Waals surface area contributed by atoms with Gasteiger partial charge in [0.05, 0.1) is 0 Å². The van der Waals surface area contributed by atoms with E-state index in [1.54, 1.807) is 36.4 Å². The normalized spacial score (nSPS) is 9.68. The largest absolute Gasteiger partial charge is 0.508 e. The van der Waals surface area contributed by atoms with Crippen LogP contribution in [0.5, 0.6) is 11.5 Å². The molecule has 0 aliphatic rings. The molecule has 2 aromatic rings. The van der Waals surface area contributed by atoms with Gasteiger partial charge in [-0.15, -0.1) is 0 Å². The molecule has 0 aliphatic heterocycles. The molecule has 6 heteroatoms. The summed E-state index contributed by atoms with van der Waals surface area (Å²) in [7, 11) is 0. The molecular formula is C16H14O5Y. The Morgan fingerprint density at radius 2 is 1.77 bits per heavy atom. The molecule has 0 heterocycles. The molecule has 0 amide bonds. The molecule has 0 fully saturated rings. The maximum atomic E-state index is 11.6. The molecule has 0 unspecified atom stereocenters. The van der Waals surface area contributed by atoms with Crippen molar-refractivity contribution in [3.63, 3.8) is 0 Å². The zero-order chi connectivity index (χ0) is 15.4. The summed E-state index contributed by atoms with van der Waals surface area (Å²) in [4.78, 5) is 22.7. The van der Waals surface area contributed by atoms with Gasteiger partial charge in [0, 0.05) is 38.3 Å². The minimum atomic E-state index is -0.678. The summed E-state index contributed by atoms with van der Waals surface area (Å²) < 4.78 is 9.77. The van der Waals surface area contributed by atoms with Crippen molar-refractivity contribution in [1.29, 1.82) is 0 Å². The van der Waals surface area contributed by atoms with Crippen molar-refractivity contribution in [3.05, 3.63) is 48.6 Å². The van der Waals surface area contributed by atoms with Gasteiger partial charge in [0.1, 0.15) is 11.5 Å². The molecule has 0 bridgehead atoms. The fraction of sp³-hybridized carbons (Fsp3) is 0.125. The van der Waals surface area contributed by atoms with Gasteiger partial charge in [-0.3, -0.25) is 0 Å². The summed E-state index contributed by atoms with van der Waals surface area (Å²) in [6, 6.07) is 9.84. The third-order valence-corrected chi connectivity index (χ3v) is 2.70. The molecule has 0 spiro atoms. The Bertz CT molecular complexity index is 724. The van der Waals surface area contributed by atoms with Crippen molar-refractivity contribution in [3.8, 4) is 11.5 Å². The van der Waals surface area contributed by atoms with E-state index >= 15 is 0 Å². The van der Waals surface area contributed by atoms with Crippen LogP contribution in [0.3, 0.4) is 0 Å². The monoisotopic (exact) mass is 375 g/mol. The van der Waals surface area contributed by atoms with Crippen LogP contribution in [0.25, 0.3) is 10.8 Å². The van der Waals surface area contributed by atoms with Crippen LogP contribution in [0.4, 0.5) is 0 Å². The third-order valence-electron chi connectivity index (χ3n) is 2.70. The number of phenolic OH excluding ortho intramolecular Hbond substituents is 1. The number of carbonyl (C=O) groups excluding carboxylic acids is 2. The third kappa shape index (κ3) is 4.93. The Balaban J connectivity index is 0.00000242. The molecule has 1 N–H and O–H groups in total. The van der Waals surface area contributed by atoms with Crippen LogP contribution in [0, 0.1) is 0 Å². The van der Waals surface area contributed by atoms with Gasteiger partial charge in [0.2, 0.25) is 0 Å². The molecule has 0 aromatic heterocycles. The van der Waals surface area contributed by atoms with E-state index in [9.17, 15) is 14.7 Å². The predicted octanol–water partition coefficient (Wildman–Crippen LogP) is 2.57. The molecule has 111 valence electrons. The van der Waals surface area contributed by atoms with Crippen molar-refractivity contribution in [1.82, 2.24) is 0 Å². The Kier molecular flexibility index (Phi) is 6.72. The molecule has 0 saturated heterocycles. The summed E-state index contributed by atoms with van der Waals surface area (Å²) in [6.07, 6.45) is 0. The van der Waals surface area contributed by atoms with Crippen LogP contribution in [0.1, 0.15) is 6.92 Å². The zero-order valence-corrected chi connectivity index (χ0v) is 14.9. The summed E-state index contributed by atoms with van der Waals surface area (Å²) >= 11 is 0. The smallest absolute Gasteiger partial charge is 0.349 e. The van der Waals surface area contributed by atoms with Gasteiger partial charge in [-0.05, 0) is 42.0 Å². The van der Waals surface area contributed by atoms with E-state index in [2.05, 4.69) is 6.58 Å². The first-order chi connectivity index (χ1) is 9.95. The Labute approximate surface area is 152 Å². The number of carbonyl (C=O) groups is 2. The van der Waals surface area contributed by atoms with Crippen molar-refractivity contribution in [2.24, 2.45) is 0 Å². The quantitative estimate of drug-likeness (QED) is 0.505. The van der Waals surface area contributed by atoms with Gasteiger partial charge in [0.25, 0.3) is 0 Å². The van der Waals surface area contributed by atoms with Gasteiger partial charge in [-0.25, -0.2) is 9.59 Å². The second-order valence-corrected chi connectivity index (χ2v) is 4.52. The number of rotatable bonds is 4. The number of hydrogen-bond acceptors (Lipinski definition) is 5. The maximum Gasteiger partial charge on any atom is 0.349 e. The number of esters is 2. The summed E-state index contributed by atoms with van der Waals surface area (Å²) in [5.74, 6) is -0.813. The van der Waals surface area contributed by atoms with E-state index in [4.69, 9.17) is 9.47 Å². The molecule has 22 heavy (non-hydrogen) atoms. The topological polar surface area (TPSA) is 72.8 Å². The van der Waals surface area contributed by atoms with E-state index in [1.807, 2.05) is 0 Å². The Morgan fingerprint density at radius 1 is 1.14 bits per heavy atom. The molecule has 0 atom stereocenters. The number of benzene rings is 2. The number of fused-ring (bicyclic) bond motifs is 1. The summed E-state index contributed by atoms with van der Waals surface area (Å²) in [6.45, 7) is 4.43. The van der Waals surface area contributed by atoms with Gasteiger partial charge < -0.3 is 14.6 Å². The second kappa shape index (κ2) is 8.06. The fourth-order valence-corrected chi connectivity index (χ4v) is 1.68. The SMILES string of the molecule is C=C(C)C(=O)OCC(=O)Oc1ccc2cc(O)ccc2c1.[Y]. The maximum absolute atomic E-state index is 11.6. The fourth-order valence-electron chi connectivity index (χ4n) is 1.68. The van der Waals surface area contributed by atoms with E-state index < -0.39 is 18.5 Å². The first-order valence-corrected chi connectivity index (χ1v) is 6.22. The van der Waals surface area contributed by atoms with Crippen molar-refractivity contribution < 1.29 is 56.9 Å². The Hall–Kier alpha value is -1.72. The molecule has 0 aliphatic carbocycles. The van der Waals surface area contributed by atoms with Gasteiger partial charge in [-0.2, -0.15) is 0 Å². The van der Waals surface area contributed by atoms with E-state index in [1.165, 1.54) is 6.92 Å². The number of phenols is 1. The van der Waals surface area contributed by atoms with E-state index in [0.29, 0.717) is 5.75 Å². The number of aromatic hydroxyl groups is 1. The van der Waals surface area contributed by atoms with Crippen LogP contribution in [-0.4, -0.2) is 23.7 Å². The number of hydrogen-bond donors (Lipinski definition) is 1. The average Bonchev–Trinajstić information content (AvgIpc) is 2.44.